The lowest BCUT2D eigenvalue weighted by atomic mass is 10.2. The normalized spacial score (nSPS) is 10.8. The Kier molecular flexibility index (Phi) is 5.07. The molecule has 6 nitrogen and oxygen atoms in total. The minimum absolute atomic E-state index is 0.231. The average molecular weight is 385 g/mol. The molecule has 1 aromatic heterocycles. The molecule has 4 aromatic rings. The minimum atomic E-state index is -0.746. The zero-order valence-corrected chi connectivity index (χ0v) is 15.6. The third kappa shape index (κ3) is 3.87. The Morgan fingerprint density at radius 1 is 0.828 bits per heavy atom. The highest BCUT2D eigenvalue weighted by molar-refractivity contribution is 5.93. The zero-order chi connectivity index (χ0) is 20.2. The number of H-pyrrole nitrogens is 1. The molecule has 1 amide bonds. The van der Waals surface area contributed by atoms with Gasteiger partial charge in [-0.05, 0) is 29.8 Å². The molecule has 144 valence electrons. The molecular formula is C23H19N3O3. The third-order valence-corrected chi connectivity index (χ3v) is 4.73. The lowest BCUT2D eigenvalue weighted by Crippen LogP contribution is -2.41. The van der Waals surface area contributed by atoms with Gasteiger partial charge in [-0.25, -0.2) is 0 Å². The van der Waals surface area contributed by atoms with Crippen LogP contribution in [0.15, 0.2) is 94.5 Å². The molecule has 0 atom stereocenters. The largest absolute Gasteiger partial charge is 0.317 e. The highest BCUT2D eigenvalue weighted by Crippen LogP contribution is 2.18. The number of aromatic amines is 1. The molecule has 1 heterocycles. The number of anilines is 1. The first-order chi connectivity index (χ1) is 14.1. The number of amides is 1. The molecule has 1 N–H and O–H groups in total. The van der Waals surface area contributed by atoms with Crippen LogP contribution in [0.5, 0.6) is 0 Å². The lowest BCUT2D eigenvalue weighted by Gasteiger charge is -2.24. The number of hydrogen-bond acceptors (Lipinski definition) is 3. The second-order valence-electron chi connectivity index (χ2n) is 6.66. The number of benzene rings is 3. The maximum atomic E-state index is 13.3. The topological polar surface area (TPSA) is 75.2 Å². The Labute approximate surface area is 166 Å². The molecule has 6 heteroatoms. The van der Waals surface area contributed by atoms with Crippen LogP contribution in [-0.4, -0.2) is 15.5 Å². The minimum Gasteiger partial charge on any atom is -0.316 e. The van der Waals surface area contributed by atoms with Gasteiger partial charge >= 0.3 is 11.1 Å². The Hall–Kier alpha value is -3.93. The molecule has 0 bridgehead atoms. The van der Waals surface area contributed by atoms with Crippen LogP contribution < -0.4 is 16.0 Å². The van der Waals surface area contributed by atoms with E-state index in [1.165, 1.54) is 4.57 Å². The Morgan fingerprint density at radius 3 is 2.17 bits per heavy atom. The van der Waals surface area contributed by atoms with Crippen molar-refractivity contribution < 1.29 is 4.79 Å². The third-order valence-electron chi connectivity index (χ3n) is 4.73. The van der Waals surface area contributed by atoms with E-state index in [0.29, 0.717) is 17.6 Å². The number of carbonyl (C=O) groups is 1. The van der Waals surface area contributed by atoms with Crippen LogP contribution in [0.3, 0.4) is 0 Å². The van der Waals surface area contributed by atoms with Crippen LogP contribution in [-0.2, 0) is 17.9 Å². The van der Waals surface area contributed by atoms with E-state index in [1.807, 2.05) is 60.7 Å². The quantitative estimate of drug-likeness (QED) is 0.537. The summed E-state index contributed by atoms with van der Waals surface area (Å²) in [4.78, 5) is 42.0. The second-order valence-corrected chi connectivity index (χ2v) is 6.66. The smallest absolute Gasteiger partial charge is 0.316 e. The van der Waals surface area contributed by atoms with E-state index in [0.717, 1.165) is 11.3 Å². The van der Waals surface area contributed by atoms with Crippen molar-refractivity contribution in [3.63, 3.8) is 0 Å². The molecule has 0 aliphatic rings. The number of nitrogens with zero attached hydrogens (tertiary/aromatic N) is 2. The van der Waals surface area contributed by atoms with E-state index >= 15 is 0 Å². The monoisotopic (exact) mass is 385 g/mol. The molecule has 0 spiro atoms. The number of nitrogens with one attached hydrogen (secondary N) is 1. The first-order valence-corrected chi connectivity index (χ1v) is 9.25. The van der Waals surface area contributed by atoms with Gasteiger partial charge in [-0.1, -0.05) is 60.7 Å². The van der Waals surface area contributed by atoms with Crippen LogP contribution in [0, 0.1) is 0 Å². The molecule has 0 fully saturated rings. The van der Waals surface area contributed by atoms with Crippen LogP contribution in [0.4, 0.5) is 5.69 Å². The van der Waals surface area contributed by atoms with E-state index in [2.05, 4.69) is 4.98 Å². The van der Waals surface area contributed by atoms with E-state index in [4.69, 9.17) is 0 Å². The van der Waals surface area contributed by atoms with Gasteiger partial charge in [0.25, 0.3) is 0 Å². The number of rotatable bonds is 5. The summed E-state index contributed by atoms with van der Waals surface area (Å²) in [6.45, 7) is 0.130. The molecule has 0 unspecified atom stereocenters. The van der Waals surface area contributed by atoms with Crippen molar-refractivity contribution in [2.24, 2.45) is 0 Å². The molecule has 4 rings (SSSR count). The fourth-order valence-corrected chi connectivity index (χ4v) is 3.30. The summed E-state index contributed by atoms with van der Waals surface area (Å²) in [5.41, 5.74) is 1.23. The van der Waals surface area contributed by atoms with Crippen LogP contribution in [0.25, 0.3) is 11.0 Å². The van der Waals surface area contributed by atoms with Gasteiger partial charge in [-0.15, -0.1) is 0 Å². The van der Waals surface area contributed by atoms with Crippen LogP contribution in [0.2, 0.25) is 0 Å². The van der Waals surface area contributed by atoms with Gasteiger partial charge in [0.15, 0.2) is 0 Å². The van der Waals surface area contributed by atoms with Crippen molar-refractivity contribution in [3.05, 3.63) is 111 Å². The lowest BCUT2D eigenvalue weighted by molar-refractivity contribution is -0.119. The van der Waals surface area contributed by atoms with Crippen molar-refractivity contribution >= 4 is 22.6 Å². The highest BCUT2D eigenvalue weighted by Gasteiger charge is 2.19. The second kappa shape index (κ2) is 7.98. The zero-order valence-electron chi connectivity index (χ0n) is 15.6. The fourth-order valence-electron chi connectivity index (χ4n) is 3.30. The first kappa shape index (κ1) is 18.4. The molecule has 29 heavy (non-hydrogen) atoms. The number of fused-ring (bicyclic) bond motifs is 1. The Bertz CT molecular complexity index is 1260. The van der Waals surface area contributed by atoms with E-state index < -0.39 is 11.1 Å². The summed E-state index contributed by atoms with van der Waals surface area (Å²) in [6.07, 6.45) is 0. The van der Waals surface area contributed by atoms with E-state index in [-0.39, 0.29) is 12.5 Å². The number of aromatic nitrogens is 2. The molecule has 0 aliphatic carbocycles. The van der Waals surface area contributed by atoms with Crippen molar-refractivity contribution in [2.45, 2.75) is 13.1 Å². The molecule has 0 aliphatic heterocycles. The summed E-state index contributed by atoms with van der Waals surface area (Å²) in [5.74, 6) is -0.280. The number of hydrogen-bond donors (Lipinski definition) is 1. The van der Waals surface area contributed by atoms with Crippen LogP contribution in [0.1, 0.15) is 5.56 Å². The maximum absolute atomic E-state index is 13.3. The Balaban J connectivity index is 1.74. The summed E-state index contributed by atoms with van der Waals surface area (Å²) in [7, 11) is 0. The van der Waals surface area contributed by atoms with Crippen molar-refractivity contribution in [1.82, 2.24) is 9.55 Å². The standard InChI is InChI=1S/C23H19N3O3/c27-21(16-26-20-14-8-7-13-19(20)24-22(28)23(26)29)25(18-11-5-2-6-12-18)15-17-9-3-1-4-10-17/h1-14H,15-16H2,(H,24,28). The maximum Gasteiger partial charge on any atom is 0.317 e. The summed E-state index contributed by atoms with van der Waals surface area (Å²) >= 11 is 0. The number of carbonyl (C=O) groups excluding carboxylic acids is 1. The SMILES string of the molecule is O=C(Cn1c(=O)c(=O)[nH]c2ccccc21)N(Cc1ccccc1)c1ccccc1. The van der Waals surface area contributed by atoms with Gasteiger partial charge in [-0.2, -0.15) is 0 Å². The number of para-hydroxylation sites is 3. The Morgan fingerprint density at radius 2 is 1.45 bits per heavy atom. The van der Waals surface area contributed by atoms with Gasteiger partial charge in [0.1, 0.15) is 6.54 Å². The van der Waals surface area contributed by atoms with Gasteiger partial charge < -0.3 is 9.88 Å². The van der Waals surface area contributed by atoms with E-state index in [9.17, 15) is 14.4 Å². The van der Waals surface area contributed by atoms with Crippen molar-refractivity contribution in [1.29, 1.82) is 0 Å². The van der Waals surface area contributed by atoms with E-state index in [1.54, 1.807) is 29.2 Å². The first-order valence-electron chi connectivity index (χ1n) is 9.25. The predicted molar refractivity (Wildman–Crippen MR) is 113 cm³/mol. The van der Waals surface area contributed by atoms with Crippen molar-refractivity contribution in [2.75, 3.05) is 4.90 Å². The molecule has 0 radical (unpaired) electrons. The highest BCUT2D eigenvalue weighted by atomic mass is 16.2. The summed E-state index contributed by atoms with van der Waals surface area (Å²) < 4.78 is 1.23. The van der Waals surface area contributed by atoms with Gasteiger partial charge in [0.2, 0.25) is 5.91 Å². The molecular weight excluding hydrogens is 366 g/mol. The average Bonchev–Trinajstić information content (AvgIpc) is 2.76. The fraction of sp³-hybridized carbons (Fsp3) is 0.0870. The molecule has 3 aromatic carbocycles. The molecule has 0 saturated carbocycles. The molecule has 0 saturated heterocycles. The van der Waals surface area contributed by atoms with Gasteiger partial charge in [0.05, 0.1) is 17.6 Å². The van der Waals surface area contributed by atoms with Crippen molar-refractivity contribution in [3.8, 4) is 0 Å². The predicted octanol–water partition coefficient (Wildman–Crippen LogP) is 2.92. The summed E-state index contributed by atoms with van der Waals surface area (Å²) in [5, 5.41) is 0. The van der Waals surface area contributed by atoms with Gasteiger partial charge in [0, 0.05) is 5.69 Å². The van der Waals surface area contributed by atoms with Crippen LogP contribution >= 0.6 is 0 Å². The van der Waals surface area contributed by atoms with Gasteiger partial charge in [-0.3, -0.25) is 19.0 Å². The summed E-state index contributed by atoms with van der Waals surface area (Å²) in [6, 6.07) is 25.9.